The average Bonchev–Trinajstić information content (AvgIpc) is 2.16. The molecule has 0 saturated heterocycles. The second-order valence-corrected chi connectivity index (χ2v) is 6.88. The Hall–Kier alpha value is -1.60. The van der Waals surface area contributed by atoms with Crippen molar-refractivity contribution >= 4 is 21.7 Å². The zero-order chi connectivity index (χ0) is 14.8. The number of urea groups is 1. The molecule has 1 rings (SSSR count). The van der Waals surface area contributed by atoms with Crippen LogP contribution in [0.4, 0.5) is 10.5 Å². The zero-order valence-electron chi connectivity index (χ0n) is 11.4. The Labute approximate surface area is 113 Å². The van der Waals surface area contributed by atoms with Crippen molar-refractivity contribution in [2.75, 3.05) is 5.32 Å². The SMILES string of the molecule is Cc1ccc(NC(=O)NC(C)(C)C)cc1S(N)(=O)=O. The van der Waals surface area contributed by atoms with Gasteiger partial charge in [0.1, 0.15) is 0 Å². The van der Waals surface area contributed by atoms with Gasteiger partial charge >= 0.3 is 6.03 Å². The number of rotatable bonds is 2. The number of carbonyl (C=O) groups is 1. The van der Waals surface area contributed by atoms with Crippen molar-refractivity contribution in [2.45, 2.75) is 38.1 Å². The highest BCUT2D eigenvalue weighted by atomic mass is 32.2. The summed E-state index contributed by atoms with van der Waals surface area (Å²) in [6.45, 7) is 7.17. The van der Waals surface area contributed by atoms with E-state index in [1.165, 1.54) is 6.07 Å². The fourth-order valence-corrected chi connectivity index (χ4v) is 2.30. The lowest BCUT2D eigenvalue weighted by atomic mass is 10.1. The van der Waals surface area contributed by atoms with E-state index >= 15 is 0 Å². The molecule has 0 atom stereocenters. The summed E-state index contributed by atoms with van der Waals surface area (Å²) >= 11 is 0. The predicted octanol–water partition coefficient (Wildman–Crippen LogP) is 1.56. The van der Waals surface area contributed by atoms with Gasteiger partial charge in [0.25, 0.3) is 0 Å². The maximum atomic E-state index is 11.7. The lowest BCUT2D eigenvalue weighted by molar-refractivity contribution is 0.244. The Morgan fingerprint density at radius 2 is 1.84 bits per heavy atom. The summed E-state index contributed by atoms with van der Waals surface area (Å²) in [5.74, 6) is 0. The van der Waals surface area contributed by atoms with Gasteiger partial charge in [-0.05, 0) is 45.4 Å². The number of hydrogen-bond acceptors (Lipinski definition) is 3. The molecule has 0 aliphatic rings. The Bertz CT molecular complexity index is 589. The van der Waals surface area contributed by atoms with Gasteiger partial charge in [0, 0.05) is 11.2 Å². The molecule has 0 bridgehead atoms. The van der Waals surface area contributed by atoms with Gasteiger partial charge in [-0.2, -0.15) is 0 Å². The Morgan fingerprint density at radius 3 is 2.32 bits per heavy atom. The van der Waals surface area contributed by atoms with E-state index in [1.54, 1.807) is 19.1 Å². The van der Waals surface area contributed by atoms with Crippen LogP contribution in [0.5, 0.6) is 0 Å². The number of benzene rings is 1. The number of amides is 2. The second kappa shape index (κ2) is 5.18. The first-order chi connectivity index (χ1) is 8.49. The molecule has 1 aromatic carbocycles. The number of primary sulfonamides is 1. The highest BCUT2D eigenvalue weighted by molar-refractivity contribution is 7.89. The lowest BCUT2D eigenvalue weighted by Crippen LogP contribution is -2.43. The molecule has 0 unspecified atom stereocenters. The fraction of sp³-hybridized carbons (Fsp3) is 0.417. The van der Waals surface area contributed by atoms with Crippen LogP contribution < -0.4 is 15.8 Å². The highest BCUT2D eigenvalue weighted by Gasteiger charge is 2.16. The van der Waals surface area contributed by atoms with Crippen molar-refractivity contribution in [3.8, 4) is 0 Å². The van der Waals surface area contributed by atoms with Crippen LogP contribution >= 0.6 is 0 Å². The number of sulfonamides is 1. The van der Waals surface area contributed by atoms with E-state index in [2.05, 4.69) is 10.6 Å². The topological polar surface area (TPSA) is 101 Å². The predicted molar refractivity (Wildman–Crippen MR) is 74.5 cm³/mol. The molecule has 19 heavy (non-hydrogen) atoms. The van der Waals surface area contributed by atoms with Crippen LogP contribution in [-0.2, 0) is 10.0 Å². The van der Waals surface area contributed by atoms with Crippen molar-refractivity contribution in [1.29, 1.82) is 0 Å². The van der Waals surface area contributed by atoms with E-state index in [0.29, 0.717) is 11.3 Å². The van der Waals surface area contributed by atoms with Crippen molar-refractivity contribution in [3.05, 3.63) is 23.8 Å². The molecule has 7 heteroatoms. The minimum atomic E-state index is -3.80. The molecule has 0 aliphatic heterocycles. The molecule has 106 valence electrons. The van der Waals surface area contributed by atoms with E-state index < -0.39 is 16.1 Å². The summed E-state index contributed by atoms with van der Waals surface area (Å²) < 4.78 is 22.7. The maximum Gasteiger partial charge on any atom is 0.319 e. The molecule has 0 heterocycles. The van der Waals surface area contributed by atoms with Crippen LogP contribution in [0.2, 0.25) is 0 Å². The summed E-state index contributed by atoms with van der Waals surface area (Å²) in [7, 11) is -3.80. The van der Waals surface area contributed by atoms with Gasteiger partial charge in [0.05, 0.1) is 4.90 Å². The number of nitrogens with two attached hydrogens (primary N) is 1. The van der Waals surface area contributed by atoms with Crippen molar-refractivity contribution in [1.82, 2.24) is 5.32 Å². The van der Waals surface area contributed by atoms with Gasteiger partial charge in [0.2, 0.25) is 10.0 Å². The summed E-state index contributed by atoms with van der Waals surface area (Å²) in [6.07, 6.45) is 0. The van der Waals surface area contributed by atoms with Crippen LogP contribution in [0.1, 0.15) is 26.3 Å². The van der Waals surface area contributed by atoms with E-state index in [1.807, 2.05) is 20.8 Å². The minimum Gasteiger partial charge on any atom is -0.333 e. The third-order valence-corrected chi connectivity index (χ3v) is 3.29. The molecular formula is C12H19N3O3S. The van der Waals surface area contributed by atoms with Crippen LogP contribution in [0.15, 0.2) is 23.1 Å². The number of carbonyl (C=O) groups excluding carboxylic acids is 1. The quantitative estimate of drug-likeness (QED) is 0.768. The third-order valence-electron chi connectivity index (χ3n) is 2.24. The fourth-order valence-electron chi connectivity index (χ4n) is 1.49. The molecule has 0 fully saturated rings. The van der Waals surface area contributed by atoms with Gasteiger partial charge < -0.3 is 10.6 Å². The second-order valence-electron chi connectivity index (χ2n) is 5.35. The van der Waals surface area contributed by atoms with Crippen molar-refractivity contribution in [2.24, 2.45) is 5.14 Å². The Kier molecular flexibility index (Phi) is 4.21. The highest BCUT2D eigenvalue weighted by Crippen LogP contribution is 2.19. The molecule has 0 saturated carbocycles. The Morgan fingerprint density at radius 1 is 1.26 bits per heavy atom. The van der Waals surface area contributed by atoms with E-state index in [0.717, 1.165) is 0 Å². The normalized spacial score (nSPS) is 12.1. The van der Waals surface area contributed by atoms with Crippen molar-refractivity contribution < 1.29 is 13.2 Å². The monoisotopic (exact) mass is 285 g/mol. The van der Waals surface area contributed by atoms with Crippen LogP contribution in [0.3, 0.4) is 0 Å². The largest absolute Gasteiger partial charge is 0.333 e. The number of nitrogens with one attached hydrogen (secondary N) is 2. The molecule has 0 aromatic heterocycles. The molecule has 2 amide bonds. The van der Waals surface area contributed by atoms with Gasteiger partial charge in [0.15, 0.2) is 0 Å². The number of anilines is 1. The molecule has 4 N–H and O–H groups in total. The first-order valence-corrected chi connectivity index (χ1v) is 7.26. The minimum absolute atomic E-state index is 0.000980. The third kappa shape index (κ3) is 4.88. The zero-order valence-corrected chi connectivity index (χ0v) is 12.3. The van der Waals surface area contributed by atoms with Gasteiger partial charge in [-0.25, -0.2) is 18.4 Å². The Balaban J connectivity index is 2.96. The number of aryl methyl sites for hydroxylation is 1. The summed E-state index contributed by atoms with van der Waals surface area (Å²) in [5.41, 5.74) is 0.526. The lowest BCUT2D eigenvalue weighted by Gasteiger charge is -2.21. The van der Waals surface area contributed by atoms with Crippen LogP contribution in [0, 0.1) is 6.92 Å². The van der Waals surface area contributed by atoms with E-state index in [9.17, 15) is 13.2 Å². The average molecular weight is 285 g/mol. The molecule has 0 spiro atoms. The van der Waals surface area contributed by atoms with Crippen molar-refractivity contribution in [3.63, 3.8) is 0 Å². The van der Waals surface area contributed by atoms with Crippen LogP contribution in [0.25, 0.3) is 0 Å². The molecule has 0 aliphatic carbocycles. The van der Waals surface area contributed by atoms with Crippen LogP contribution in [-0.4, -0.2) is 20.0 Å². The maximum absolute atomic E-state index is 11.7. The standard InChI is InChI=1S/C12H19N3O3S/c1-8-5-6-9(7-10(8)19(13,17)18)14-11(16)15-12(2,3)4/h5-7H,1-4H3,(H2,13,17,18)(H2,14,15,16). The summed E-state index contributed by atoms with van der Waals surface area (Å²) in [5, 5.41) is 10.4. The first kappa shape index (κ1) is 15.5. The first-order valence-electron chi connectivity index (χ1n) is 5.72. The molecule has 1 aromatic rings. The molecule has 6 nitrogen and oxygen atoms in total. The summed E-state index contributed by atoms with van der Waals surface area (Å²) in [4.78, 5) is 11.7. The van der Waals surface area contributed by atoms with E-state index in [4.69, 9.17) is 5.14 Å². The van der Waals surface area contributed by atoms with Gasteiger partial charge in [-0.3, -0.25) is 0 Å². The molecule has 0 radical (unpaired) electrons. The number of hydrogen-bond donors (Lipinski definition) is 3. The van der Waals surface area contributed by atoms with E-state index in [-0.39, 0.29) is 10.4 Å². The summed E-state index contributed by atoms with van der Waals surface area (Å²) in [6, 6.07) is 4.14. The smallest absolute Gasteiger partial charge is 0.319 e. The van der Waals surface area contributed by atoms with Gasteiger partial charge in [-0.1, -0.05) is 6.07 Å². The molecular weight excluding hydrogens is 266 g/mol. The van der Waals surface area contributed by atoms with Gasteiger partial charge in [-0.15, -0.1) is 0 Å².